The molecule has 3 N–H and O–H groups in total. The summed E-state index contributed by atoms with van der Waals surface area (Å²) < 4.78 is 6.08. The van der Waals surface area contributed by atoms with E-state index in [9.17, 15) is 9.59 Å². The third kappa shape index (κ3) is 4.07. The molecule has 1 amide bonds. The molecule has 110 valence electrons. The van der Waals surface area contributed by atoms with Gasteiger partial charge in [0.15, 0.2) is 0 Å². The minimum atomic E-state index is -0.387. The van der Waals surface area contributed by atoms with Crippen LogP contribution in [0.2, 0.25) is 0 Å². The van der Waals surface area contributed by atoms with E-state index < -0.39 is 0 Å². The first kappa shape index (κ1) is 14.6. The van der Waals surface area contributed by atoms with E-state index in [4.69, 9.17) is 5.73 Å². The highest BCUT2D eigenvalue weighted by Crippen LogP contribution is 2.05. The van der Waals surface area contributed by atoms with Crippen LogP contribution in [-0.4, -0.2) is 28.8 Å². The number of nitrogens with two attached hydrogens (primary N) is 1. The van der Waals surface area contributed by atoms with Crippen molar-refractivity contribution in [2.45, 2.75) is 13.1 Å². The number of nitrogens with one attached hydrogen (secondary N) is 1. The molecule has 0 radical (unpaired) electrons. The molecule has 0 aliphatic carbocycles. The molecule has 7 heteroatoms. The topological polar surface area (TPSA) is 99.2 Å². The van der Waals surface area contributed by atoms with Crippen LogP contribution in [0.1, 0.15) is 15.9 Å². The van der Waals surface area contributed by atoms with Gasteiger partial charge in [0.25, 0.3) is 0 Å². The number of methoxy groups -OCH3 is 1. The zero-order valence-electron chi connectivity index (χ0n) is 11.6. The smallest absolute Gasteiger partial charge is 0.337 e. The van der Waals surface area contributed by atoms with Gasteiger partial charge in [0, 0.05) is 12.7 Å². The van der Waals surface area contributed by atoms with Crippen LogP contribution in [0, 0.1) is 0 Å². The minimum Gasteiger partial charge on any atom is -0.465 e. The molecule has 0 saturated heterocycles. The molecule has 2 aromatic rings. The molecule has 21 heavy (non-hydrogen) atoms. The number of ether oxygens (including phenoxy) is 1. The van der Waals surface area contributed by atoms with Crippen LogP contribution >= 0.6 is 0 Å². The highest BCUT2D eigenvalue weighted by molar-refractivity contribution is 5.89. The fourth-order valence-corrected chi connectivity index (χ4v) is 1.75. The predicted octanol–water partition coefficient (Wildman–Crippen LogP) is 0.568. The number of anilines is 1. The lowest BCUT2D eigenvalue weighted by Crippen LogP contribution is -2.27. The Hall–Kier alpha value is -2.83. The van der Waals surface area contributed by atoms with Gasteiger partial charge in [-0.15, -0.1) is 0 Å². The zero-order chi connectivity index (χ0) is 15.2. The van der Waals surface area contributed by atoms with Crippen LogP contribution in [0.4, 0.5) is 5.69 Å². The molecule has 0 aliphatic rings. The van der Waals surface area contributed by atoms with Crippen LogP contribution in [0.3, 0.4) is 0 Å². The van der Waals surface area contributed by atoms with Gasteiger partial charge in [-0.1, -0.05) is 12.1 Å². The predicted molar refractivity (Wildman–Crippen MR) is 76.3 cm³/mol. The summed E-state index contributed by atoms with van der Waals surface area (Å²) in [4.78, 5) is 23.0. The molecular formula is C14H16N4O3. The van der Waals surface area contributed by atoms with Crippen LogP contribution in [-0.2, 0) is 22.6 Å². The van der Waals surface area contributed by atoms with Crippen molar-refractivity contribution in [2.75, 3.05) is 12.8 Å². The van der Waals surface area contributed by atoms with Gasteiger partial charge in [-0.2, -0.15) is 5.10 Å². The van der Waals surface area contributed by atoms with Gasteiger partial charge in [-0.25, -0.2) is 4.79 Å². The Labute approximate surface area is 121 Å². The lowest BCUT2D eigenvalue weighted by Gasteiger charge is -2.06. The number of hydrogen-bond donors (Lipinski definition) is 2. The van der Waals surface area contributed by atoms with Gasteiger partial charge >= 0.3 is 5.97 Å². The first-order valence-electron chi connectivity index (χ1n) is 6.30. The summed E-state index contributed by atoms with van der Waals surface area (Å²) >= 11 is 0. The van der Waals surface area contributed by atoms with Crippen molar-refractivity contribution in [1.29, 1.82) is 0 Å². The number of carbonyl (C=O) groups is 2. The van der Waals surface area contributed by atoms with Crippen molar-refractivity contribution in [2.24, 2.45) is 0 Å². The standard InChI is InChI=1S/C14H16N4O3/c1-21-14(20)11-4-2-10(3-5-11)6-16-13(19)9-18-8-12(15)7-17-18/h2-5,7-8H,6,9,15H2,1H3,(H,16,19). The maximum atomic E-state index is 11.7. The number of nitrogen functional groups attached to an aromatic ring is 1. The molecule has 0 unspecified atom stereocenters. The molecule has 0 saturated carbocycles. The number of benzene rings is 1. The van der Waals surface area contributed by atoms with Crippen molar-refractivity contribution in [1.82, 2.24) is 15.1 Å². The average molecular weight is 288 g/mol. The van der Waals surface area contributed by atoms with E-state index in [1.807, 2.05) is 0 Å². The molecule has 2 rings (SSSR count). The number of amides is 1. The molecule has 1 aromatic carbocycles. The quantitative estimate of drug-likeness (QED) is 0.783. The molecule has 1 aromatic heterocycles. The zero-order valence-corrected chi connectivity index (χ0v) is 11.6. The highest BCUT2D eigenvalue weighted by atomic mass is 16.5. The fraction of sp³-hybridized carbons (Fsp3) is 0.214. The Morgan fingerprint density at radius 3 is 2.62 bits per heavy atom. The number of nitrogens with zero attached hydrogens (tertiary/aromatic N) is 2. The summed E-state index contributed by atoms with van der Waals surface area (Å²) in [5, 5.41) is 6.69. The SMILES string of the molecule is COC(=O)c1ccc(CNC(=O)Cn2cc(N)cn2)cc1. The van der Waals surface area contributed by atoms with Gasteiger partial charge in [0.1, 0.15) is 6.54 Å². The first-order chi connectivity index (χ1) is 10.1. The summed E-state index contributed by atoms with van der Waals surface area (Å²) in [6, 6.07) is 6.83. The van der Waals surface area contributed by atoms with Crippen molar-refractivity contribution in [3.63, 3.8) is 0 Å². The third-order valence-electron chi connectivity index (χ3n) is 2.82. The van der Waals surface area contributed by atoms with E-state index in [1.54, 1.807) is 30.5 Å². The molecule has 1 heterocycles. The Morgan fingerprint density at radius 1 is 1.33 bits per heavy atom. The van der Waals surface area contributed by atoms with Crippen LogP contribution in [0.5, 0.6) is 0 Å². The Kier molecular flexibility index (Phi) is 4.55. The van der Waals surface area contributed by atoms with Crippen LogP contribution in [0.25, 0.3) is 0 Å². The molecular weight excluding hydrogens is 272 g/mol. The fourth-order valence-electron chi connectivity index (χ4n) is 1.75. The number of carbonyl (C=O) groups excluding carboxylic acids is 2. The summed E-state index contributed by atoms with van der Waals surface area (Å²) in [5.41, 5.74) is 7.39. The maximum absolute atomic E-state index is 11.7. The summed E-state index contributed by atoms with van der Waals surface area (Å²) in [5.74, 6) is -0.558. The van der Waals surface area contributed by atoms with Gasteiger partial charge in [-0.05, 0) is 17.7 Å². The van der Waals surface area contributed by atoms with E-state index in [-0.39, 0.29) is 18.4 Å². The second-order valence-corrected chi connectivity index (χ2v) is 4.44. The number of esters is 1. The summed E-state index contributed by atoms with van der Waals surface area (Å²) in [7, 11) is 1.33. The molecule has 0 bridgehead atoms. The van der Waals surface area contributed by atoms with E-state index in [2.05, 4.69) is 15.2 Å². The van der Waals surface area contributed by atoms with Crippen molar-refractivity contribution in [3.05, 3.63) is 47.8 Å². The van der Waals surface area contributed by atoms with Gasteiger partial charge in [0.05, 0.1) is 24.6 Å². The molecule has 0 spiro atoms. The number of hydrogen-bond acceptors (Lipinski definition) is 5. The molecule has 7 nitrogen and oxygen atoms in total. The van der Waals surface area contributed by atoms with Crippen LogP contribution < -0.4 is 11.1 Å². The summed E-state index contributed by atoms with van der Waals surface area (Å²) in [6.07, 6.45) is 3.07. The monoisotopic (exact) mass is 288 g/mol. The van der Waals surface area contributed by atoms with Crippen molar-refractivity contribution in [3.8, 4) is 0 Å². The lowest BCUT2D eigenvalue weighted by molar-refractivity contribution is -0.122. The highest BCUT2D eigenvalue weighted by Gasteiger charge is 2.06. The lowest BCUT2D eigenvalue weighted by atomic mass is 10.1. The number of rotatable bonds is 5. The van der Waals surface area contributed by atoms with E-state index in [0.29, 0.717) is 17.8 Å². The molecule has 0 aliphatic heterocycles. The van der Waals surface area contributed by atoms with Gasteiger partial charge in [0.2, 0.25) is 5.91 Å². The van der Waals surface area contributed by atoms with Crippen molar-refractivity contribution < 1.29 is 14.3 Å². The first-order valence-corrected chi connectivity index (χ1v) is 6.30. The molecule has 0 atom stereocenters. The van der Waals surface area contributed by atoms with Gasteiger partial charge < -0.3 is 15.8 Å². The second-order valence-electron chi connectivity index (χ2n) is 4.44. The van der Waals surface area contributed by atoms with E-state index in [1.165, 1.54) is 18.0 Å². The normalized spacial score (nSPS) is 10.1. The third-order valence-corrected chi connectivity index (χ3v) is 2.82. The van der Waals surface area contributed by atoms with E-state index >= 15 is 0 Å². The largest absolute Gasteiger partial charge is 0.465 e. The maximum Gasteiger partial charge on any atom is 0.337 e. The molecule has 0 fully saturated rings. The van der Waals surface area contributed by atoms with Crippen LogP contribution in [0.15, 0.2) is 36.7 Å². The number of aromatic nitrogens is 2. The van der Waals surface area contributed by atoms with Gasteiger partial charge in [-0.3, -0.25) is 9.48 Å². The Balaban J connectivity index is 1.85. The second kappa shape index (κ2) is 6.56. The Morgan fingerprint density at radius 2 is 2.05 bits per heavy atom. The average Bonchev–Trinajstić information content (AvgIpc) is 2.90. The van der Waals surface area contributed by atoms with E-state index in [0.717, 1.165) is 5.56 Å². The Bertz CT molecular complexity index is 634. The van der Waals surface area contributed by atoms with Crippen molar-refractivity contribution >= 4 is 17.6 Å². The summed E-state index contributed by atoms with van der Waals surface area (Å²) in [6.45, 7) is 0.481. The minimum absolute atomic E-state index is 0.109.